The van der Waals surface area contributed by atoms with Crippen molar-refractivity contribution in [3.63, 3.8) is 0 Å². The normalized spacial score (nSPS) is 17.6. The first-order valence-electron chi connectivity index (χ1n) is 12.9. The van der Waals surface area contributed by atoms with E-state index in [0.29, 0.717) is 36.5 Å². The zero-order valence-electron chi connectivity index (χ0n) is 21.2. The predicted octanol–water partition coefficient (Wildman–Crippen LogP) is 6.54. The molecule has 1 fully saturated rings. The minimum atomic E-state index is 0.340. The summed E-state index contributed by atoms with van der Waals surface area (Å²) < 4.78 is 0. The molecule has 5 rings (SSSR count). The first-order valence-corrected chi connectivity index (χ1v) is 12.9. The number of benzene rings is 3. The molecule has 1 aromatic heterocycles. The second kappa shape index (κ2) is 10.9. The summed E-state index contributed by atoms with van der Waals surface area (Å²) in [6.45, 7) is 0. The summed E-state index contributed by atoms with van der Waals surface area (Å²) >= 11 is 0. The average Bonchev–Trinajstić information content (AvgIpc) is 2.90. The van der Waals surface area contributed by atoms with Gasteiger partial charge in [-0.05, 0) is 60.4 Å². The number of hydrogen-bond donors (Lipinski definition) is 1. The SMILES string of the molecule is CN(C)c1nc(N[C@H]2CC[C@@H](CC(=O)Cc3ccc(-c4ccccc4)cc3)CC2)nc2ccccc12. The Kier molecular flexibility index (Phi) is 7.26. The lowest BCUT2D eigenvalue weighted by molar-refractivity contribution is -0.119. The molecule has 1 aliphatic carbocycles. The average molecular weight is 479 g/mol. The van der Waals surface area contributed by atoms with Crippen molar-refractivity contribution in [3.05, 3.63) is 84.4 Å². The lowest BCUT2D eigenvalue weighted by Crippen LogP contribution is -2.28. The van der Waals surface area contributed by atoms with Gasteiger partial charge in [0.2, 0.25) is 5.95 Å². The second-order valence-electron chi connectivity index (χ2n) is 10.1. The largest absolute Gasteiger partial charge is 0.362 e. The van der Waals surface area contributed by atoms with Crippen LogP contribution in [-0.2, 0) is 11.2 Å². The Balaban J connectivity index is 1.12. The molecule has 0 bridgehead atoms. The van der Waals surface area contributed by atoms with E-state index in [1.807, 2.05) is 55.4 Å². The number of fused-ring (bicyclic) bond motifs is 1. The Bertz CT molecular complexity index is 1310. The Morgan fingerprint density at radius 1 is 0.833 bits per heavy atom. The highest BCUT2D eigenvalue weighted by atomic mass is 16.1. The van der Waals surface area contributed by atoms with Crippen LogP contribution in [0.2, 0.25) is 0 Å². The van der Waals surface area contributed by atoms with Crippen LogP contribution < -0.4 is 10.2 Å². The highest BCUT2D eigenvalue weighted by Gasteiger charge is 2.24. The van der Waals surface area contributed by atoms with E-state index in [-0.39, 0.29) is 0 Å². The van der Waals surface area contributed by atoms with E-state index in [2.05, 4.69) is 47.8 Å². The lowest BCUT2D eigenvalue weighted by Gasteiger charge is -2.29. The quantitative estimate of drug-likeness (QED) is 0.312. The van der Waals surface area contributed by atoms with Gasteiger partial charge in [-0.1, -0.05) is 66.7 Å². The first-order chi connectivity index (χ1) is 17.5. The Morgan fingerprint density at radius 3 is 2.22 bits per heavy atom. The van der Waals surface area contributed by atoms with E-state index in [0.717, 1.165) is 48.0 Å². The van der Waals surface area contributed by atoms with Gasteiger partial charge in [0, 0.05) is 38.4 Å². The molecule has 0 unspecified atom stereocenters. The predicted molar refractivity (Wildman–Crippen MR) is 148 cm³/mol. The summed E-state index contributed by atoms with van der Waals surface area (Å²) in [7, 11) is 4.02. The molecule has 0 amide bonds. The maximum Gasteiger partial charge on any atom is 0.225 e. The standard InChI is InChI=1S/C31H34N4O/c1-35(2)30-28-10-6-7-11-29(28)33-31(34-30)32-26-18-14-23(15-19-26)21-27(36)20-22-12-16-25(17-13-22)24-8-4-3-5-9-24/h3-13,16-17,23,26H,14-15,18-21H2,1-2H3,(H,32,33,34)/t23-,26+. The first kappa shape index (κ1) is 24.0. The van der Waals surface area contributed by atoms with Gasteiger partial charge in [-0.15, -0.1) is 0 Å². The number of carbonyl (C=O) groups excluding carboxylic acids is 1. The topological polar surface area (TPSA) is 58.1 Å². The molecule has 0 aliphatic heterocycles. The van der Waals surface area contributed by atoms with Crippen molar-refractivity contribution in [2.24, 2.45) is 5.92 Å². The maximum absolute atomic E-state index is 12.8. The number of hydrogen-bond acceptors (Lipinski definition) is 5. The van der Waals surface area contributed by atoms with Gasteiger partial charge in [-0.25, -0.2) is 4.98 Å². The molecular weight excluding hydrogens is 444 g/mol. The summed E-state index contributed by atoms with van der Waals surface area (Å²) in [5.74, 6) is 2.43. The third-order valence-corrected chi connectivity index (χ3v) is 7.17. The number of aromatic nitrogens is 2. The molecule has 184 valence electrons. The number of rotatable bonds is 8. The van der Waals surface area contributed by atoms with Crippen LogP contribution in [0.5, 0.6) is 0 Å². The number of para-hydroxylation sites is 1. The monoisotopic (exact) mass is 478 g/mol. The minimum absolute atomic E-state index is 0.340. The van der Waals surface area contributed by atoms with Gasteiger partial charge in [0.25, 0.3) is 0 Å². The Hall–Kier alpha value is -3.73. The van der Waals surface area contributed by atoms with Gasteiger partial charge in [-0.3, -0.25) is 4.79 Å². The molecule has 1 aliphatic rings. The van der Waals surface area contributed by atoms with Crippen molar-refractivity contribution in [1.29, 1.82) is 0 Å². The van der Waals surface area contributed by atoms with Crippen LogP contribution in [0, 0.1) is 5.92 Å². The molecule has 0 spiro atoms. The van der Waals surface area contributed by atoms with Crippen LogP contribution in [0.25, 0.3) is 22.0 Å². The molecular formula is C31H34N4O. The van der Waals surface area contributed by atoms with E-state index in [9.17, 15) is 4.79 Å². The van der Waals surface area contributed by atoms with Crippen molar-refractivity contribution in [1.82, 2.24) is 9.97 Å². The van der Waals surface area contributed by atoms with Crippen LogP contribution >= 0.6 is 0 Å². The highest BCUT2D eigenvalue weighted by molar-refractivity contribution is 5.90. The van der Waals surface area contributed by atoms with Gasteiger partial charge in [0.15, 0.2) is 0 Å². The molecule has 1 saturated carbocycles. The van der Waals surface area contributed by atoms with Gasteiger partial charge in [0.05, 0.1) is 5.52 Å². The van der Waals surface area contributed by atoms with Gasteiger partial charge < -0.3 is 10.2 Å². The third-order valence-electron chi connectivity index (χ3n) is 7.17. The molecule has 5 nitrogen and oxygen atoms in total. The van der Waals surface area contributed by atoms with Crippen LogP contribution in [0.15, 0.2) is 78.9 Å². The smallest absolute Gasteiger partial charge is 0.225 e. The maximum atomic E-state index is 12.8. The number of anilines is 2. The zero-order valence-corrected chi connectivity index (χ0v) is 21.2. The van der Waals surface area contributed by atoms with Crippen LogP contribution in [-0.4, -0.2) is 35.9 Å². The van der Waals surface area contributed by atoms with Crippen molar-refractivity contribution in [2.75, 3.05) is 24.3 Å². The molecule has 36 heavy (non-hydrogen) atoms. The molecule has 4 aromatic rings. The third kappa shape index (κ3) is 5.73. The van der Waals surface area contributed by atoms with Crippen LogP contribution in [0.4, 0.5) is 11.8 Å². The van der Waals surface area contributed by atoms with E-state index < -0.39 is 0 Å². The van der Waals surface area contributed by atoms with E-state index in [1.54, 1.807) is 0 Å². The van der Waals surface area contributed by atoms with E-state index in [1.165, 1.54) is 11.1 Å². The summed E-state index contributed by atoms with van der Waals surface area (Å²) in [6.07, 6.45) is 5.39. The lowest BCUT2D eigenvalue weighted by atomic mass is 9.82. The fourth-order valence-corrected chi connectivity index (χ4v) is 5.23. The number of nitrogens with one attached hydrogen (secondary N) is 1. The molecule has 5 heteroatoms. The van der Waals surface area contributed by atoms with Crippen molar-refractivity contribution >= 4 is 28.5 Å². The fraction of sp³-hybridized carbons (Fsp3) is 0.323. The Morgan fingerprint density at radius 2 is 1.50 bits per heavy atom. The van der Waals surface area contributed by atoms with Crippen molar-refractivity contribution in [2.45, 2.75) is 44.6 Å². The summed E-state index contributed by atoms with van der Waals surface area (Å²) in [5.41, 5.74) is 4.44. The van der Waals surface area contributed by atoms with E-state index in [4.69, 9.17) is 9.97 Å². The number of Topliss-reactive ketones (excluding diaryl/α,β-unsaturated/α-hetero) is 1. The molecule has 0 saturated heterocycles. The molecule has 0 radical (unpaired) electrons. The van der Waals surface area contributed by atoms with Crippen LogP contribution in [0.1, 0.15) is 37.7 Å². The van der Waals surface area contributed by atoms with Gasteiger partial charge >= 0.3 is 0 Å². The summed E-state index contributed by atoms with van der Waals surface area (Å²) in [6, 6.07) is 27.2. The van der Waals surface area contributed by atoms with E-state index >= 15 is 0 Å². The molecule has 3 aromatic carbocycles. The Labute approximate surface area is 213 Å². The second-order valence-corrected chi connectivity index (χ2v) is 10.1. The van der Waals surface area contributed by atoms with Crippen LogP contribution in [0.3, 0.4) is 0 Å². The number of nitrogens with zero attached hydrogens (tertiary/aromatic N) is 3. The summed E-state index contributed by atoms with van der Waals surface area (Å²) in [5, 5.41) is 4.63. The number of carbonyl (C=O) groups is 1. The highest BCUT2D eigenvalue weighted by Crippen LogP contribution is 2.30. The fourth-order valence-electron chi connectivity index (χ4n) is 5.23. The molecule has 0 atom stereocenters. The zero-order chi connectivity index (χ0) is 24.9. The molecule has 1 heterocycles. The molecule has 1 N–H and O–H groups in total. The summed E-state index contributed by atoms with van der Waals surface area (Å²) in [4.78, 5) is 24.4. The number of ketones is 1. The van der Waals surface area contributed by atoms with Crippen molar-refractivity contribution < 1.29 is 4.79 Å². The van der Waals surface area contributed by atoms with Gasteiger partial charge in [0.1, 0.15) is 11.6 Å². The van der Waals surface area contributed by atoms with Gasteiger partial charge in [-0.2, -0.15) is 4.98 Å². The van der Waals surface area contributed by atoms with Crippen molar-refractivity contribution in [3.8, 4) is 11.1 Å². The minimum Gasteiger partial charge on any atom is -0.362 e.